The molecule has 0 spiro atoms. The van der Waals surface area contributed by atoms with Crippen LogP contribution in [0, 0.1) is 0 Å². The van der Waals surface area contributed by atoms with Crippen molar-refractivity contribution in [2.24, 2.45) is 4.99 Å². The van der Waals surface area contributed by atoms with E-state index < -0.39 is 0 Å². The molecule has 0 atom stereocenters. The first-order valence-corrected chi connectivity index (χ1v) is 2.33. The summed E-state index contributed by atoms with van der Waals surface area (Å²) in [5.41, 5.74) is 1.13. The van der Waals surface area contributed by atoms with E-state index in [1.807, 2.05) is 0 Å². The van der Waals surface area contributed by atoms with Crippen molar-refractivity contribution in [3.63, 3.8) is 0 Å². The molecule has 0 heterocycles. The van der Waals surface area contributed by atoms with Gasteiger partial charge in [0.2, 0.25) is 0 Å². The average molecular weight is 111 g/mol. The van der Waals surface area contributed by atoms with Crippen LogP contribution < -0.4 is 0 Å². The van der Waals surface area contributed by atoms with Crippen LogP contribution in [0.15, 0.2) is 17.3 Å². The Hall–Kier alpha value is -0.920. The molecule has 0 fully saturated rings. The summed E-state index contributed by atoms with van der Waals surface area (Å²) < 4.78 is 0. The van der Waals surface area contributed by atoms with E-state index in [0.29, 0.717) is 17.7 Å². The number of carbonyl (C=O) groups excluding carboxylic acids is 1. The fraction of sp³-hybridized carbons (Fsp3) is 0.333. The third-order valence-corrected chi connectivity index (χ3v) is 0.538. The lowest BCUT2D eigenvalue weighted by Crippen LogP contribution is -1.90. The fourth-order valence-electron chi connectivity index (χ4n) is 0.327. The molecule has 0 aliphatic carbocycles. The summed E-state index contributed by atoms with van der Waals surface area (Å²) in [5, 5.41) is 0. The minimum Gasteiger partial charge on any atom is -0.297 e. The summed E-state index contributed by atoms with van der Waals surface area (Å²) in [6.07, 6.45) is 0.703. The molecule has 0 aliphatic rings. The predicted octanol–water partition coefficient (Wildman–Crippen LogP) is 1.18. The third-order valence-electron chi connectivity index (χ3n) is 0.538. The molecule has 0 amide bonds. The Labute approximate surface area is 48.9 Å². The molecule has 0 aliphatic heterocycles. The summed E-state index contributed by atoms with van der Waals surface area (Å²) in [7, 11) is 0. The molecule has 0 unspecified atom stereocenters. The van der Waals surface area contributed by atoms with Crippen molar-refractivity contribution in [1.29, 1.82) is 0 Å². The van der Waals surface area contributed by atoms with Crippen molar-refractivity contribution in [2.75, 3.05) is 0 Å². The van der Waals surface area contributed by atoms with Crippen LogP contribution in [-0.4, -0.2) is 12.0 Å². The van der Waals surface area contributed by atoms with Gasteiger partial charge in [-0.2, -0.15) is 0 Å². The highest BCUT2D eigenvalue weighted by atomic mass is 16.1. The van der Waals surface area contributed by atoms with Crippen LogP contribution in [0.1, 0.15) is 13.8 Å². The summed E-state index contributed by atoms with van der Waals surface area (Å²) >= 11 is 0. The van der Waals surface area contributed by atoms with Gasteiger partial charge in [0.1, 0.15) is 0 Å². The van der Waals surface area contributed by atoms with Crippen LogP contribution >= 0.6 is 0 Å². The Kier molecular flexibility index (Phi) is 2.77. The molecule has 0 aromatic rings. The Morgan fingerprint density at radius 1 is 1.62 bits per heavy atom. The van der Waals surface area contributed by atoms with Gasteiger partial charge >= 0.3 is 0 Å². The number of hydrogen-bond donors (Lipinski definition) is 0. The molecule has 8 heavy (non-hydrogen) atoms. The van der Waals surface area contributed by atoms with Crippen molar-refractivity contribution in [2.45, 2.75) is 13.8 Å². The van der Waals surface area contributed by atoms with Crippen LogP contribution in [0.3, 0.4) is 0 Å². The number of carbonyl (C=O) groups is 1. The first-order valence-electron chi connectivity index (χ1n) is 2.33. The van der Waals surface area contributed by atoms with Gasteiger partial charge in [-0.15, -0.1) is 0 Å². The van der Waals surface area contributed by atoms with Crippen LogP contribution in [0.5, 0.6) is 0 Å². The van der Waals surface area contributed by atoms with Crippen LogP contribution in [-0.2, 0) is 4.79 Å². The molecular weight excluding hydrogens is 102 g/mol. The van der Waals surface area contributed by atoms with Crippen molar-refractivity contribution >= 4 is 12.0 Å². The summed E-state index contributed by atoms with van der Waals surface area (Å²) in [5.74, 6) is 0. The van der Waals surface area contributed by atoms with Gasteiger partial charge < -0.3 is 0 Å². The van der Waals surface area contributed by atoms with Gasteiger partial charge in [-0.05, 0) is 13.8 Å². The predicted molar refractivity (Wildman–Crippen MR) is 34.0 cm³/mol. The zero-order valence-electron chi connectivity index (χ0n) is 5.14. The minimum absolute atomic E-state index is 0.470. The maximum absolute atomic E-state index is 9.87. The zero-order chi connectivity index (χ0) is 6.57. The van der Waals surface area contributed by atoms with E-state index in [0.717, 1.165) is 0 Å². The van der Waals surface area contributed by atoms with Gasteiger partial charge in [0.15, 0.2) is 6.29 Å². The molecule has 2 heteroatoms. The average Bonchev–Trinajstić information content (AvgIpc) is 1.65. The van der Waals surface area contributed by atoms with Crippen LogP contribution in [0.25, 0.3) is 0 Å². The topological polar surface area (TPSA) is 29.4 Å². The van der Waals surface area contributed by atoms with E-state index >= 15 is 0 Å². The second-order valence-electron chi connectivity index (χ2n) is 1.61. The molecule has 0 saturated carbocycles. The third kappa shape index (κ3) is 3.28. The lowest BCUT2D eigenvalue weighted by Gasteiger charge is -1.85. The maximum Gasteiger partial charge on any atom is 0.163 e. The van der Waals surface area contributed by atoms with Gasteiger partial charge in [0.25, 0.3) is 0 Å². The minimum atomic E-state index is 0.470. The number of hydrogen-bond acceptors (Lipinski definition) is 2. The fourth-order valence-corrected chi connectivity index (χ4v) is 0.327. The standard InChI is InChI=1S/C6H9NO/c1-5(2)7-6(3)4-8/h4H,1H2,2-3H3. The molecule has 2 nitrogen and oxygen atoms in total. The van der Waals surface area contributed by atoms with Crippen LogP contribution in [0.2, 0.25) is 0 Å². The first-order chi connectivity index (χ1) is 3.66. The summed E-state index contributed by atoms with van der Waals surface area (Å²) in [6.45, 7) is 6.88. The Balaban J connectivity index is 3.94. The highest BCUT2D eigenvalue weighted by Crippen LogP contribution is 1.87. The SMILES string of the molecule is C=C(C)N=C(C)C=O. The smallest absolute Gasteiger partial charge is 0.163 e. The van der Waals surface area contributed by atoms with Crippen molar-refractivity contribution < 1.29 is 4.79 Å². The Bertz CT molecular complexity index is 135. The monoisotopic (exact) mass is 111 g/mol. The van der Waals surface area contributed by atoms with Gasteiger partial charge in [0.05, 0.1) is 5.71 Å². The highest BCUT2D eigenvalue weighted by molar-refractivity contribution is 6.27. The lowest BCUT2D eigenvalue weighted by atomic mass is 10.4. The summed E-state index contributed by atoms with van der Waals surface area (Å²) in [6, 6.07) is 0. The molecule has 0 N–H and O–H groups in total. The normalized spacial score (nSPS) is 11.0. The quantitative estimate of drug-likeness (QED) is 0.388. The van der Waals surface area contributed by atoms with E-state index in [-0.39, 0.29) is 0 Å². The van der Waals surface area contributed by atoms with Crippen molar-refractivity contribution in [3.05, 3.63) is 12.3 Å². The number of aldehydes is 1. The molecule has 0 rings (SSSR count). The molecule has 0 radical (unpaired) electrons. The largest absolute Gasteiger partial charge is 0.297 e. The van der Waals surface area contributed by atoms with Crippen LogP contribution in [0.4, 0.5) is 0 Å². The second-order valence-corrected chi connectivity index (χ2v) is 1.61. The lowest BCUT2D eigenvalue weighted by molar-refractivity contribution is -0.102. The second kappa shape index (κ2) is 3.13. The number of rotatable bonds is 2. The van der Waals surface area contributed by atoms with E-state index in [1.165, 1.54) is 0 Å². The Morgan fingerprint density at radius 3 is 2.25 bits per heavy atom. The van der Waals surface area contributed by atoms with Crippen molar-refractivity contribution in [3.8, 4) is 0 Å². The van der Waals surface area contributed by atoms with E-state index in [1.54, 1.807) is 13.8 Å². The molecule has 0 saturated heterocycles. The number of allylic oxidation sites excluding steroid dienone is 1. The van der Waals surface area contributed by atoms with E-state index in [9.17, 15) is 4.79 Å². The number of aliphatic imine (C=N–C) groups is 1. The maximum atomic E-state index is 9.87. The van der Waals surface area contributed by atoms with Crippen molar-refractivity contribution in [1.82, 2.24) is 0 Å². The van der Waals surface area contributed by atoms with Gasteiger partial charge in [-0.3, -0.25) is 9.79 Å². The molecule has 0 aromatic heterocycles. The Morgan fingerprint density at radius 2 is 2.12 bits per heavy atom. The molecule has 44 valence electrons. The molecular formula is C6H9NO. The van der Waals surface area contributed by atoms with E-state index in [2.05, 4.69) is 11.6 Å². The van der Waals surface area contributed by atoms with Gasteiger partial charge in [0, 0.05) is 5.70 Å². The molecule has 0 aromatic carbocycles. The summed E-state index contributed by atoms with van der Waals surface area (Å²) in [4.78, 5) is 13.6. The molecule has 0 bridgehead atoms. The van der Waals surface area contributed by atoms with Gasteiger partial charge in [-0.1, -0.05) is 6.58 Å². The zero-order valence-corrected chi connectivity index (χ0v) is 5.14. The highest BCUT2D eigenvalue weighted by Gasteiger charge is 1.82. The van der Waals surface area contributed by atoms with E-state index in [4.69, 9.17) is 0 Å². The number of nitrogens with zero attached hydrogens (tertiary/aromatic N) is 1. The van der Waals surface area contributed by atoms with Gasteiger partial charge in [-0.25, -0.2) is 0 Å². The first kappa shape index (κ1) is 7.08.